The van der Waals surface area contributed by atoms with Gasteiger partial charge in [0.05, 0.1) is 24.3 Å². The van der Waals surface area contributed by atoms with E-state index in [1.807, 2.05) is 0 Å². The zero-order valence-corrected chi connectivity index (χ0v) is 12.0. The van der Waals surface area contributed by atoms with E-state index in [0.717, 1.165) is 0 Å². The fourth-order valence-electron chi connectivity index (χ4n) is 1.76. The Morgan fingerprint density at radius 1 is 1.17 bits per heavy atom. The zero-order valence-electron chi connectivity index (χ0n) is 12.0. The molecule has 3 N–H and O–H groups in total. The second kappa shape index (κ2) is 7.99. The van der Waals surface area contributed by atoms with E-state index in [2.05, 4.69) is 4.74 Å². The Balaban J connectivity index is 2.06. The molecule has 0 spiro atoms. The van der Waals surface area contributed by atoms with Gasteiger partial charge in [0.2, 0.25) is 6.29 Å². The fourth-order valence-corrected chi connectivity index (χ4v) is 1.76. The van der Waals surface area contributed by atoms with Crippen LogP contribution in [0.4, 0.5) is 0 Å². The van der Waals surface area contributed by atoms with Crippen LogP contribution in [0.25, 0.3) is 0 Å². The van der Waals surface area contributed by atoms with Crippen molar-refractivity contribution in [3.05, 3.63) is 35.4 Å². The molecule has 1 aliphatic heterocycles. The van der Waals surface area contributed by atoms with Crippen LogP contribution in [-0.4, -0.2) is 65.9 Å². The highest BCUT2D eigenvalue weighted by Gasteiger charge is 2.27. The van der Waals surface area contributed by atoms with Crippen molar-refractivity contribution < 1.29 is 43.9 Å². The van der Waals surface area contributed by atoms with E-state index >= 15 is 0 Å². The van der Waals surface area contributed by atoms with Crippen LogP contribution < -0.4 is 0 Å². The van der Waals surface area contributed by atoms with Gasteiger partial charge in [-0.3, -0.25) is 0 Å². The SMILES string of the molecule is O=C(OC(O)CO)c1ccccc1C(=O)OC1OCC(O)CO1. The van der Waals surface area contributed by atoms with Gasteiger partial charge in [0.1, 0.15) is 12.7 Å². The first-order valence-electron chi connectivity index (χ1n) is 6.72. The summed E-state index contributed by atoms with van der Waals surface area (Å²) in [6.45, 7) is -2.17. The minimum absolute atomic E-state index is 0.0513. The third-order valence-electron chi connectivity index (χ3n) is 2.82. The molecule has 1 fully saturated rings. The van der Waals surface area contributed by atoms with Crippen molar-refractivity contribution in [3.8, 4) is 0 Å². The molecule has 1 heterocycles. The number of hydrogen-bond acceptors (Lipinski definition) is 9. The molecule has 1 unspecified atom stereocenters. The molecule has 1 aromatic rings. The largest absolute Gasteiger partial charge is 0.430 e. The predicted molar refractivity (Wildman–Crippen MR) is 72.1 cm³/mol. The quantitative estimate of drug-likeness (QED) is 0.460. The zero-order chi connectivity index (χ0) is 16.8. The van der Waals surface area contributed by atoms with Crippen LogP contribution in [0.3, 0.4) is 0 Å². The first-order chi connectivity index (χ1) is 11.0. The van der Waals surface area contributed by atoms with Gasteiger partial charge in [-0.25, -0.2) is 9.59 Å². The summed E-state index contributed by atoms with van der Waals surface area (Å²) in [5.41, 5.74) is -0.276. The number of carbonyl (C=O) groups excluding carboxylic acids is 2. The highest BCUT2D eigenvalue weighted by molar-refractivity contribution is 6.03. The van der Waals surface area contributed by atoms with Gasteiger partial charge in [0.25, 0.3) is 0 Å². The Morgan fingerprint density at radius 2 is 1.74 bits per heavy atom. The Morgan fingerprint density at radius 3 is 2.30 bits per heavy atom. The molecule has 1 aliphatic rings. The van der Waals surface area contributed by atoms with E-state index in [1.165, 1.54) is 24.3 Å². The van der Waals surface area contributed by atoms with E-state index < -0.39 is 37.4 Å². The maximum absolute atomic E-state index is 12.1. The number of carbonyl (C=O) groups is 2. The van der Waals surface area contributed by atoms with E-state index in [1.54, 1.807) is 0 Å². The van der Waals surface area contributed by atoms with Crippen LogP contribution in [-0.2, 0) is 18.9 Å². The van der Waals surface area contributed by atoms with E-state index in [0.29, 0.717) is 0 Å². The summed E-state index contributed by atoms with van der Waals surface area (Å²) in [5, 5.41) is 27.0. The molecule has 0 saturated carbocycles. The third-order valence-corrected chi connectivity index (χ3v) is 2.82. The molecular weight excluding hydrogens is 312 g/mol. The first-order valence-corrected chi connectivity index (χ1v) is 6.72. The van der Waals surface area contributed by atoms with Gasteiger partial charge in [-0.15, -0.1) is 0 Å². The molecule has 1 saturated heterocycles. The van der Waals surface area contributed by atoms with Gasteiger partial charge in [-0.2, -0.15) is 0 Å². The lowest BCUT2D eigenvalue weighted by Crippen LogP contribution is -2.38. The standard InChI is InChI=1S/C14H16O9/c15-5-11(17)22-12(18)9-3-1-2-4-10(9)13(19)23-14-20-6-8(16)7-21-14/h1-4,8,11,14-17H,5-7H2. The van der Waals surface area contributed by atoms with Crippen LogP contribution in [0.1, 0.15) is 20.7 Å². The number of ether oxygens (including phenoxy) is 4. The van der Waals surface area contributed by atoms with Crippen LogP contribution >= 0.6 is 0 Å². The maximum Gasteiger partial charge on any atom is 0.343 e. The molecule has 2 rings (SSSR count). The van der Waals surface area contributed by atoms with Crippen molar-refractivity contribution in [2.75, 3.05) is 19.8 Å². The van der Waals surface area contributed by atoms with E-state index in [9.17, 15) is 14.7 Å². The third kappa shape index (κ3) is 4.71. The first kappa shape index (κ1) is 17.3. The molecule has 9 nitrogen and oxygen atoms in total. The minimum Gasteiger partial charge on any atom is -0.430 e. The molecule has 0 aliphatic carbocycles. The van der Waals surface area contributed by atoms with Crippen LogP contribution in [0, 0.1) is 0 Å². The predicted octanol–water partition coefficient (Wildman–Crippen LogP) is -0.998. The molecule has 0 amide bonds. The molecule has 23 heavy (non-hydrogen) atoms. The lowest BCUT2D eigenvalue weighted by molar-refractivity contribution is -0.306. The second-order valence-corrected chi connectivity index (χ2v) is 4.60. The lowest BCUT2D eigenvalue weighted by Gasteiger charge is -2.25. The number of hydrogen-bond donors (Lipinski definition) is 3. The van der Waals surface area contributed by atoms with Gasteiger partial charge < -0.3 is 34.3 Å². The number of benzene rings is 1. The number of esters is 2. The molecule has 0 radical (unpaired) electrons. The van der Waals surface area contributed by atoms with Crippen molar-refractivity contribution in [2.45, 2.75) is 18.9 Å². The van der Waals surface area contributed by atoms with Gasteiger partial charge in [-0.05, 0) is 12.1 Å². The lowest BCUT2D eigenvalue weighted by atomic mass is 10.1. The van der Waals surface area contributed by atoms with Crippen LogP contribution in [0.5, 0.6) is 0 Å². The Kier molecular flexibility index (Phi) is 6.02. The van der Waals surface area contributed by atoms with Gasteiger partial charge >= 0.3 is 18.4 Å². The number of rotatable bonds is 5. The van der Waals surface area contributed by atoms with Crippen LogP contribution in [0.15, 0.2) is 24.3 Å². The second-order valence-electron chi connectivity index (χ2n) is 4.60. The summed E-state index contributed by atoms with van der Waals surface area (Å²) in [7, 11) is 0. The van der Waals surface area contributed by atoms with Gasteiger partial charge in [0, 0.05) is 0 Å². The van der Waals surface area contributed by atoms with Crippen LogP contribution in [0.2, 0.25) is 0 Å². The van der Waals surface area contributed by atoms with E-state index in [-0.39, 0.29) is 24.3 Å². The maximum atomic E-state index is 12.1. The summed E-state index contributed by atoms with van der Waals surface area (Å²) in [4.78, 5) is 24.0. The monoisotopic (exact) mass is 328 g/mol. The molecule has 126 valence electrons. The molecule has 0 bridgehead atoms. The molecule has 9 heteroatoms. The summed E-state index contributed by atoms with van der Waals surface area (Å²) < 4.78 is 19.4. The van der Waals surface area contributed by atoms with Gasteiger partial charge in [-0.1, -0.05) is 12.1 Å². The van der Waals surface area contributed by atoms with Crippen molar-refractivity contribution >= 4 is 11.9 Å². The molecule has 1 aromatic carbocycles. The normalized spacial score (nSPS) is 22.2. The van der Waals surface area contributed by atoms with E-state index in [4.69, 9.17) is 24.4 Å². The summed E-state index contributed by atoms with van der Waals surface area (Å²) in [6.07, 6.45) is -2.50. The average molecular weight is 328 g/mol. The van der Waals surface area contributed by atoms with Crippen molar-refractivity contribution in [1.82, 2.24) is 0 Å². The fraction of sp³-hybridized carbons (Fsp3) is 0.429. The molecule has 0 aromatic heterocycles. The van der Waals surface area contributed by atoms with Crippen molar-refractivity contribution in [3.63, 3.8) is 0 Å². The molecule has 1 atom stereocenters. The summed E-state index contributed by atoms with van der Waals surface area (Å²) in [6, 6.07) is 5.61. The van der Waals surface area contributed by atoms with Gasteiger partial charge in [0.15, 0.2) is 0 Å². The Bertz CT molecular complexity index is 551. The summed E-state index contributed by atoms with van der Waals surface area (Å²) in [5.74, 6) is -1.91. The topological polar surface area (TPSA) is 132 Å². The number of aliphatic hydroxyl groups is 3. The Hall–Kier alpha value is -2.04. The average Bonchev–Trinajstić information content (AvgIpc) is 2.56. The minimum atomic E-state index is -1.70. The smallest absolute Gasteiger partial charge is 0.343 e. The van der Waals surface area contributed by atoms with Crippen molar-refractivity contribution in [2.24, 2.45) is 0 Å². The van der Waals surface area contributed by atoms with Crippen molar-refractivity contribution in [1.29, 1.82) is 0 Å². The summed E-state index contributed by atoms with van der Waals surface area (Å²) >= 11 is 0. The highest BCUT2D eigenvalue weighted by Crippen LogP contribution is 2.15. The molecular formula is C14H16O9. The Labute approximate surface area is 131 Å². The highest BCUT2D eigenvalue weighted by atomic mass is 16.9. The number of aliphatic hydroxyl groups excluding tert-OH is 3.